The van der Waals surface area contributed by atoms with Crippen LogP contribution >= 0.6 is 0 Å². The molecule has 0 saturated carbocycles. The van der Waals surface area contributed by atoms with E-state index in [2.05, 4.69) is 22.0 Å². The standard InChI is InChI=1S/C23H23N3O4/c1-17(23(28)26-15-13-25(14-16-26)18-7-3-2-4-8-18)29-22(27)12-11-21-24-19-9-5-6-10-20(19)30-21/h2-12,17H,13-16H2,1H3/b12-11+/t17-/m0/s1. The van der Waals surface area contributed by atoms with Crippen molar-refractivity contribution in [3.8, 4) is 0 Å². The number of benzene rings is 2. The third-order valence-electron chi connectivity index (χ3n) is 5.03. The van der Waals surface area contributed by atoms with Crippen LogP contribution in [0.2, 0.25) is 0 Å². The first-order valence-electron chi connectivity index (χ1n) is 9.93. The van der Waals surface area contributed by atoms with Gasteiger partial charge >= 0.3 is 5.97 Å². The predicted octanol–water partition coefficient (Wildman–Crippen LogP) is 3.12. The number of carbonyl (C=O) groups is 2. The summed E-state index contributed by atoms with van der Waals surface area (Å²) in [4.78, 5) is 33.0. The highest BCUT2D eigenvalue weighted by molar-refractivity contribution is 5.90. The van der Waals surface area contributed by atoms with Crippen LogP contribution in [-0.4, -0.2) is 54.0 Å². The third kappa shape index (κ3) is 4.51. The molecule has 2 aromatic carbocycles. The molecule has 0 unspecified atom stereocenters. The van der Waals surface area contributed by atoms with Crippen molar-refractivity contribution in [1.82, 2.24) is 9.88 Å². The van der Waals surface area contributed by atoms with Crippen LogP contribution in [0.3, 0.4) is 0 Å². The number of hydrogen-bond acceptors (Lipinski definition) is 6. The Bertz CT molecular complexity index is 1020. The van der Waals surface area contributed by atoms with Gasteiger partial charge in [0, 0.05) is 44.0 Å². The molecular weight excluding hydrogens is 382 g/mol. The number of anilines is 1. The molecule has 1 fully saturated rings. The van der Waals surface area contributed by atoms with Gasteiger partial charge in [-0.1, -0.05) is 30.3 Å². The first kappa shape index (κ1) is 19.7. The summed E-state index contributed by atoms with van der Waals surface area (Å²) in [5.74, 6) is -0.489. The fraction of sp³-hybridized carbons (Fsp3) is 0.261. The molecule has 0 aliphatic carbocycles. The highest BCUT2D eigenvalue weighted by atomic mass is 16.5. The molecule has 0 bridgehead atoms. The van der Waals surface area contributed by atoms with Crippen LogP contribution in [-0.2, 0) is 14.3 Å². The van der Waals surface area contributed by atoms with Crippen LogP contribution < -0.4 is 4.90 Å². The molecule has 1 aliphatic heterocycles. The van der Waals surface area contributed by atoms with Gasteiger partial charge in [-0.2, -0.15) is 0 Å². The molecule has 7 nitrogen and oxygen atoms in total. The van der Waals surface area contributed by atoms with Crippen molar-refractivity contribution in [1.29, 1.82) is 0 Å². The molecule has 4 rings (SSSR count). The molecule has 1 amide bonds. The minimum absolute atomic E-state index is 0.189. The van der Waals surface area contributed by atoms with Gasteiger partial charge < -0.3 is 19.0 Å². The van der Waals surface area contributed by atoms with E-state index in [0.717, 1.165) is 18.8 Å². The zero-order chi connectivity index (χ0) is 20.9. The maximum absolute atomic E-state index is 12.6. The summed E-state index contributed by atoms with van der Waals surface area (Å²) in [7, 11) is 0. The minimum atomic E-state index is -0.853. The van der Waals surface area contributed by atoms with E-state index in [9.17, 15) is 9.59 Å². The van der Waals surface area contributed by atoms with Gasteiger partial charge in [0.15, 0.2) is 11.7 Å². The molecule has 2 heterocycles. The molecule has 0 spiro atoms. The summed E-state index contributed by atoms with van der Waals surface area (Å²) in [6.07, 6.45) is 1.81. The molecular formula is C23H23N3O4. The Balaban J connectivity index is 1.28. The monoisotopic (exact) mass is 405 g/mol. The highest BCUT2D eigenvalue weighted by Crippen LogP contribution is 2.17. The molecule has 1 aromatic heterocycles. The van der Waals surface area contributed by atoms with E-state index in [1.165, 1.54) is 12.2 Å². The van der Waals surface area contributed by atoms with Gasteiger partial charge in [0.2, 0.25) is 5.89 Å². The summed E-state index contributed by atoms with van der Waals surface area (Å²) in [5.41, 5.74) is 2.50. The van der Waals surface area contributed by atoms with Crippen LogP contribution in [0.25, 0.3) is 17.2 Å². The largest absolute Gasteiger partial charge is 0.449 e. The van der Waals surface area contributed by atoms with Crippen LogP contribution in [0.15, 0.2) is 65.1 Å². The number of aromatic nitrogens is 1. The van der Waals surface area contributed by atoms with Gasteiger partial charge in [0.1, 0.15) is 5.52 Å². The molecule has 30 heavy (non-hydrogen) atoms. The van der Waals surface area contributed by atoms with Crippen molar-refractivity contribution in [3.63, 3.8) is 0 Å². The Labute approximate surface area is 174 Å². The first-order chi connectivity index (χ1) is 14.6. The summed E-state index contributed by atoms with van der Waals surface area (Å²) < 4.78 is 10.8. The Kier molecular flexibility index (Phi) is 5.79. The van der Waals surface area contributed by atoms with Crippen molar-refractivity contribution >= 4 is 34.7 Å². The van der Waals surface area contributed by atoms with Crippen molar-refractivity contribution < 1.29 is 18.7 Å². The number of esters is 1. The zero-order valence-electron chi connectivity index (χ0n) is 16.7. The van der Waals surface area contributed by atoms with Crippen LogP contribution in [0.5, 0.6) is 0 Å². The Morgan fingerprint density at radius 1 is 1.03 bits per heavy atom. The second-order valence-electron chi connectivity index (χ2n) is 7.08. The predicted molar refractivity (Wildman–Crippen MR) is 114 cm³/mol. The van der Waals surface area contributed by atoms with E-state index < -0.39 is 12.1 Å². The van der Waals surface area contributed by atoms with E-state index in [1.54, 1.807) is 17.9 Å². The summed E-state index contributed by atoms with van der Waals surface area (Å²) in [6.45, 7) is 4.27. The average molecular weight is 405 g/mol. The van der Waals surface area contributed by atoms with E-state index in [0.29, 0.717) is 30.1 Å². The molecule has 7 heteroatoms. The molecule has 0 N–H and O–H groups in total. The highest BCUT2D eigenvalue weighted by Gasteiger charge is 2.26. The SMILES string of the molecule is C[C@H](OC(=O)/C=C/c1nc2ccccc2o1)C(=O)N1CCN(c2ccccc2)CC1. The second-order valence-corrected chi connectivity index (χ2v) is 7.08. The normalized spacial score (nSPS) is 15.5. The van der Waals surface area contributed by atoms with Gasteiger partial charge in [0.25, 0.3) is 5.91 Å². The average Bonchev–Trinajstić information content (AvgIpc) is 3.21. The van der Waals surface area contributed by atoms with E-state index in [-0.39, 0.29) is 5.91 Å². The summed E-state index contributed by atoms with van der Waals surface area (Å²) in [5, 5.41) is 0. The van der Waals surface area contributed by atoms with E-state index in [1.807, 2.05) is 36.4 Å². The van der Waals surface area contributed by atoms with Crippen LogP contribution in [0.1, 0.15) is 12.8 Å². The number of para-hydroxylation sites is 3. The number of nitrogens with zero attached hydrogens (tertiary/aromatic N) is 3. The van der Waals surface area contributed by atoms with Gasteiger partial charge in [-0.15, -0.1) is 0 Å². The maximum atomic E-state index is 12.6. The molecule has 3 aromatic rings. The van der Waals surface area contributed by atoms with Gasteiger partial charge in [-0.25, -0.2) is 9.78 Å². The number of carbonyl (C=O) groups excluding carboxylic acids is 2. The molecule has 0 radical (unpaired) electrons. The number of oxazole rings is 1. The second kappa shape index (κ2) is 8.82. The number of fused-ring (bicyclic) bond motifs is 1. The lowest BCUT2D eigenvalue weighted by Crippen LogP contribution is -2.51. The molecule has 1 aliphatic rings. The zero-order valence-corrected chi connectivity index (χ0v) is 16.7. The Morgan fingerprint density at radius 2 is 1.73 bits per heavy atom. The molecule has 1 atom stereocenters. The third-order valence-corrected chi connectivity index (χ3v) is 5.03. The summed E-state index contributed by atoms with van der Waals surface area (Å²) in [6, 6.07) is 17.4. The number of amides is 1. The van der Waals surface area contributed by atoms with E-state index in [4.69, 9.17) is 9.15 Å². The van der Waals surface area contributed by atoms with Crippen molar-refractivity contribution in [2.45, 2.75) is 13.0 Å². The quantitative estimate of drug-likeness (QED) is 0.480. The van der Waals surface area contributed by atoms with Crippen molar-refractivity contribution in [3.05, 3.63) is 66.6 Å². The van der Waals surface area contributed by atoms with Crippen LogP contribution in [0, 0.1) is 0 Å². The fourth-order valence-corrected chi connectivity index (χ4v) is 3.45. The Morgan fingerprint density at radius 3 is 2.47 bits per heavy atom. The molecule has 154 valence electrons. The van der Waals surface area contributed by atoms with E-state index >= 15 is 0 Å². The summed E-state index contributed by atoms with van der Waals surface area (Å²) >= 11 is 0. The van der Waals surface area contributed by atoms with Gasteiger partial charge in [0.05, 0.1) is 0 Å². The Hall–Kier alpha value is -3.61. The maximum Gasteiger partial charge on any atom is 0.331 e. The van der Waals surface area contributed by atoms with Crippen molar-refractivity contribution in [2.75, 3.05) is 31.1 Å². The fourth-order valence-electron chi connectivity index (χ4n) is 3.45. The number of hydrogen-bond donors (Lipinski definition) is 0. The number of rotatable bonds is 5. The molecule has 1 saturated heterocycles. The minimum Gasteiger partial charge on any atom is -0.449 e. The van der Waals surface area contributed by atoms with Crippen molar-refractivity contribution in [2.24, 2.45) is 0 Å². The number of piperazine rings is 1. The van der Waals surface area contributed by atoms with Gasteiger partial charge in [-0.3, -0.25) is 4.79 Å². The number of ether oxygens (including phenoxy) is 1. The lowest BCUT2D eigenvalue weighted by atomic mass is 10.2. The lowest BCUT2D eigenvalue weighted by molar-refractivity contribution is -0.155. The topological polar surface area (TPSA) is 75.9 Å². The van der Waals surface area contributed by atoms with Gasteiger partial charge in [-0.05, 0) is 31.2 Å². The lowest BCUT2D eigenvalue weighted by Gasteiger charge is -2.36. The smallest absolute Gasteiger partial charge is 0.331 e. The first-order valence-corrected chi connectivity index (χ1v) is 9.93. The van der Waals surface area contributed by atoms with Crippen LogP contribution in [0.4, 0.5) is 5.69 Å².